The highest BCUT2D eigenvalue weighted by Gasteiger charge is 2.21. The van der Waals surface area contributed by atoms with Crippen LogP contribution in [-0.2, 0) is 6.42 Å². The van der Waals surface area contributed by atoms with E-state index in [0.717, 1.165) is 11.5 Å². The molecule has 0 fully saturated rings. The average Bonchev–Trinajstić information content (AvgIpc) is 2.84. The van der Waals surface area contributed by atoms with E-state index < -0.39 is 0 Å². The van der Waals surface area contributed by atoms with Crippen LogP contribution in [0.5, 0.6) is 0 Å². The standard InChI is InChI=1S/C10H17N5O2S/c1-4-7-8(18-14-12-7)10(16)15(3)5-6(2)9(11)13-17/h6,17H,4-5H2,1-3H3,(H2,11,13). The fourth-order valence-corrected chi connectivity index (χ4v) is 2.21. The Balaban J connectivity index is 2.73. The van der Waals surface area contributed by atoms with Crippen LogP contribution in [0.3, 0.4) is 0 Å². The van der Waals surface area contributed by atoms with Crippen molar-refractivity contribution in [3.8, 4) is 0 Å². The second-order valence-corrected chi connectivity index (χ2v) is 4.77. The number of amides is 1. The summed E-state index contributed by atoms with van der Waals surface area (Å²) in [4.78, 5) is 14.2. The summed E-state index contributed by atoms with van der Waals surface area (Å²) in [6, 6.07) is 0. The summed E-state index contributed by atoms with van der Waals surface area (Å²) in [5.74, 6) is -0.248. The van der Waals surface area contributed by atoms with Crippen LogP contribution >= 0.6 is 11.5 Å². The summed E-state index contributed by atoms with van der Waals surface area (Å²) in [7, 11) is 1.67. The number of hydrogen-bond donors (Lipinski definition) is 2. The first-order valence-electron chi connectivity index (χ1n) is 5.55. The maximum atomic E-state index is 12.1. The third kappa shape index (κ3) is 3.16. The first-order valence-corrected chi connectivity index (χ1v) is 6.32. The van der Waals surface area contributed by atoms with Crippen molar-refractivity contribution in [2.45, 2.75) is 20.3 Å². The Kier molecular flexibility index (Phi) is 5.02. The predicted molar refractivity (Wildman–Crippen MR) is 68.8 cm³/mol. The van der Waals surface area contributed by atoms with Gasteiger partial charge in [0.2, 0.25) is 0 Å². The van der Waals surface area contributed by atoms with E-state index in [9.17, 15) is 4.79 Å². The van der Waals surface area contributed by atoms with Gasteiger partial charge in [0.1, 0.15) is 10.7 Å². The maximum Gasteiger partial charge on any atom is 0.267 e. The molecule has 0 saturated carbocycles. The van der Waals surface area contributed by atoms with Gasteiger partial charge in [0.05, 0.1) is 5.69 Å². The van der Waals surface area contributed by atoms with E-state index in [1.165, 1.54) is 4.90 Å². The fourth-order valence-electron chi connectivity index (χ4n) is 1.46. The minimum atomic E-state index is -0.213. The van der Waals surface area contributed by atoms with Gasteiger partial charge in [-0.15, -0.1) is 5.10 Å². The quantitative estimate of drug-likeness (QED) is 0.352. The van der Waals surface area contributed by atoms with Crippen LogP contribution in [0.15, 0.2) is 5.16 Å². The lowest BCUT2D eigenvalue weighted by molar-refractivity contribution is 0.0789. The lowest BCUT2D eigenvalue weighted by Crippen LogP contribution is -2.36. The number of nitrogens with two attached hydrogens (primary N) is 1. The summed E-state index contributed by atoms with van der Waals surface area (Å²) < 4.78 is 3.78. The molecule has 0 aromatic carbocycles. The SMILES string of the molecule is CCc1nnsc1C(=O)N(C)CC(C)C(N)=NO. The van der Waals surface area contributed by atoms with Gasteiger partial charge in [-0.3, -0.25) is 4.79 Å². The summed E-state index contributed by atoms with van der Waals surface area (Å²) in [6.07, 6.45) is 0.668. The van der Waals surface area contributed by atoms with E-state index >= 15 is 0 Å². The molecule has 0 radical (unpaired) electrons. The summed E-state index contributed by atoms with van der Waals surface area (Å²) in [6.45, 7) is 4.08. The van der Waals surface area contributed by atoms with Gasteiger partial charge in [-0.05, 0) is 18.0 Å². The molecule has 1 aromatic heterocycles. The zero-order valence-corrected chi connectivity index (χ0v) is 11.4. The Hall–Kier alpha value is -1.70. The molecule has 0 bridgehead atoms. The molecule has 0 aliphatic heterocycles. The molecule has 8 heteroatoms. The van der Waals surface area contributed by atoms with Crippen LogP contribution in [-0.4, -0.2) is 45.0 Å². The zero-order valence-electron chi connectivity index (χ0n) is 10.6. The van der Waals surface area contributed by atoms with Crippen LogP contribution in [0.2, 0.25) is 0 Å². The second kappa shape index (κ2) is 6.29. The van der Waals surface area contributed by atoms with Gasteiger partial charge in [0.25, 0.3) is 5.91 Å². The van der Waals surface area contributed by atoms with E-state index in [4.69, 9.17) is 10.9 Å². The molecule has 1 atom stereocenters. The fraction of sp³-hybridized carbons (Fsp3) is 0.600. The molecule has 1 rings (SSSR count). The summed E-state index contributed by atoms with van der Waals surface area (Å²) in [5, 5.41) is 15.4. The van der Waals surface area contributed by atoms with Gasteiger partial charge in [-0.25, -0.2) is 0 Å². The molecule has 0 aliphatic carbocycles. The van der Waals surface area contributed by atoms with E-state index in [2.05, 4.69) is 14.7 Å². The largest absolute Gasteiger partial charge is 0.409 e. The monoisotopic (exact) mass is 271 g/mol. The van der Waals surface area contributed by atoms with Crippen molar-refractivity contribution in [2.75, 3.05) is 13.6 Å². The molecule has 1 aromatic rings. The highest BCUT2D eigenvalue weighted by atomic mass is 32.1. The van der Waals surface area contributed by atoms with Gasteiger partial charge in [-0.2, -0.15) is 0 Å². The Bertz CT molecular complexity index is 445. The third-order valence-corrected chi connectivity index (χ3v) is 3.36. The van der Waals surface area contributed by atoms with E-state index in [1.807, 2.05) is 6.92 Å². The lowest BCUT2D eigenvalue weighted by atomic mass is 10.1. The Morgan fingerprint density at radius 2 is 2.33 bits per heavy atom. The molecule has 1 unspecified atom stereocenters. The first-order chi connectivity index (χ1) is 8.51. The number of hydrogen-bond acceptors (Lipinski definition) is 6. The minimum absolute atomic E-state index is 0.104. The smallest absolute Gasteiger partial charge is 0.267 e. The zero-order chi connectivity index (χ0) is 13.7. The Morgan fingerprint density at radius 1 is 1.67 bits per heavy atom. The van der Waals surface area contributed by atoms with Crippen molar-refractivity contribution in [1.82, 2.24) is 14.5 Å². The predicted octanol–water partition coefficient (Wildman–Crippen LogP) is 0.555. The van der Waals surface area contributed by atoms with Crippen molar-refractivity contribution >= 4 is 23.3 Å². The van der Waals surface area contributed by atoms with Crippen molar-refractivity contribution in [3.63, 3.8) is 0 Å². The third-order valence-electron chi connectivity index (χ3n) is 2.60. The molecule has 18 heavy (non-hydrogen) atoms. The number of carbonyl (C=O) groups excluding carboxylic acids is 1. The molecule has 1 heterocycles. The number of carbonyl (C=O) groups is 1. The molecule has 0 spiro atoms. The molecule has 1 amide bonds. The van der Waals surface area contributed by atoms with Crippen molar-refractivity contribution in [1.29, 1.82) is 0 Å². The van der Waals surface area contributed by atoms with Gasteiger partial charge < -0.3 is 15.8 Å². The van der Waals surface area contributed by atoms with Crippen molar-refractivity contribution in [2.24, 2.45) is 16.8 Å². The van der Waals surface area contributed by atoms with Crippen LogP contribution in [0.25, 0.3) is 0 Å². The van der Waals surface area contributed by atoms with Crippen molar-refractivity contribution < 1.29 is 10.0 Å². The second-order valence-electron chi connectivity index (χ2n) is 4.01. The number of nitrogens with zero attached hydrogens (tertiary/aromatic N) is 4. The molecule has 100 valence electrons. The molecular formula is C10H17N5O2S. The lowest BCUT2D eigenvalue weighted by Gasteiger charge is -2.20. The molecule has 7 nitrogen and oxygen atoms in total. The van der Waals surface area contributed by atoms with Crippen molar-refractivity contribution in [3.05, 3.63) is 10.6 Å². The number of oxime groups is 1. The number of aryl methyl sites for hydroxylation is 1. The van der Waals surface area contributed by atoms with Crippen LogP contribution in [0, 0.1) is 5.92 Å². The highest BCUT2D eigenvalue weighted by Crippen LogP contribution is 2.14. The molecular weight excluding hydrogens is 254 g/mol. The number of rotatable bonds is 5. The topological polar surface area (TPSA) is 105 Å². The average molecular weight is 271 g/mol. The normalized spacial score (nSPS) is 13.4. The summed E-state index contributed by atoms with van der Waals surface area (Å²) >= 11 is 1.09. The summed E-state index contributed by atoms with van der Waals surface area (Å²) in [5.41, 5.74) is 6.18. The molecule has 0 aliphatic rings. The number of aromatic nitrogens is 2. The molecule has 3 N–H and O–H groups in total. The van der Waals surface area contributed by atoms with E-state index in [-0.39, 0.29) is 17.7 Å². The van der Waals surface area contributed by atoms with Gasteiger partial charge in [-0.1, -0.05) is 23.5 Å². The minimum Gasteiger partial charge on any atom is -0.409 e. The number of amidine groups is 1. The van der Waals surface area contributed by atoms with Crippen LogP contribution in [0.1, 0.15) is 29.2 Å². The first kappa shape index (κ1) is 14.4. The maximum absolute atomic E-state index is 12.1. The van der Waals surface area contributed by atoms with Crippen LogP contribution in [0.4, 0.5) is 0 Å². The Labute approximate surface area is 109 Å². The van der Waals surface area contributed by atoms with Gasteiger partial charge in [0.15, 0.2) is 0 Å². The Morgan fingerprint density at radius 3 is 2.89 bits per heavy atom. The van der Waals surface area contributed by atoms with Crippen LogP contribution < -0.4 is 5.73 Å². The van der Waals surface area contributed by atoms with E-state index in [0.29, 0.717) is 23.5 Å². The highest BCUT2D eigenvalue weighted by molar-refractivity contribution is 7.07. The molecule has 0 saturated heterocycles. The van der Waals surface area contributed by atoms with Gasteiger partial charge >= 0.3 is 0 Å². The van der Waals surface area contributed by atoms with Gasteiger partial charge in [0, 0.05) is 19.5 Å². The van der Waals surface area contributed by atoms with E-state index in [1.54, 1.807) is 14.0 Å².